The van der Waals surface area contributed by atoms with E-state index in [2.05, 4.69) is 4.98 Å². The average Bonchev–Trinajstić information content (AvgIpc) is 2.77. The number of rotatable bonds is 1. The van der Waals surface area contributed by atoms with Crippen LogP contribution in [0.1, 0.15) is 37.4 Å². The van der Waals surface area contributed by atoms with Crippen LogP contribution < -0.4 is 11.2 Å². The summed E-state index contributed by atoms with van der Waals surface area (Å²) in [6, 6.07) is 1.67. The molecular weight excluding hydrogens is 204 g/mol. The maximum Gasteiger partial charge on any atom is 0.328 e. The fourth-order valence-electron chi connectivity index (χ4n) is 3.46. The molecule has 16 heavy (non-hydrogen) atoms. The Hall–Kier alpha value is -1.32. The van der Waals surface area contributed by atoms with Crippen LogP contribution in [0.15, 0.2) is 15.7 Å². The minimum Gasteiger partial charge on any atom is -0.311 e. The predicted molar refractivity (Wildman–Crippen MR) is 60.5 cm³/mol. The standard InChI is InChI=1S/C12H16N2O2/c1-7-4-11(15)14(12(16)13-7)10-6-8-2-3-9(10)5-8/h4,8-10H,2-3,5-6H2,1H3,(H,13,16). The molecule has 2 aliphatic carbocycles. The van der Waals surface area contributed by atoms with Gasteiger partial charge in [0.25, 0.3) is 5.56 Å². The van der Waals surface area contributed by atoms with E-state index in [0.29, 0.717) is 11.6 Å². The highest BCUT2D eigenvalue weighted by Gasteiger charge is 2.41. The summed E-state index contributed by atoms with van der Waals surface area (Å²) < 4.78 is 1.44. The molecule has 1 heterocycles. The molecule has 0 amide bonds. The first-order valence-corrected chi connectivity index (χ1v) is 5.97. The van der Waals surface area contributed by atoms with Crippen molar-refractivity contribution in [2.24, 2.45) is 11.8 Å². The second-order valence-electron chi connectivity index (χ2n) is 5.21. The Morgan fingerprint density at radius 3 is 2.69 bits per heavy atom. The van der Waals surface area contributed by atoms with Gasteiger partial charge in [0.1, 0.15) is 0 Å². The summed E-state index contributed by atoms with van der Waals surface area (Å²) in [5.74, 6) is 1.29. The molecule has 2 bridgehead atoms. The van der Waals surface area contributed by atoms with Crippen molar-refractivity contribution in [3.63, 3.8) is 0 Å². The predicted octanol–water partition coefficient (Wildman–Crippen LogP) is 1.21. The van der Waals surface area contributed by atoms with Gasteiger partial charge in [-0.05, 0) is 38.0 Å². The number of nitrogens with zero attached hydrogens (tertiary/aromatic N) is 1. The van der Waals surface area contributed by atoms with Crippen LogP contribution in [0.3, 0.4) is 0 Å². The molecule has 1 N–H and O–H groups in total. The molecule has 3 rings (SSSR count). The number of aryl methyl sites for hydroxylation is 1. The number of aromatic amines is 1. The van der Waals surface area contributed by atoms with Crippen molar-refractivity contribution in [1.29, 1.82) is 0 Å². The number of hydrogen-bond acceptors (Lipinski definition) is 2. The van der Waals surface area contributed by atoms with E-state index < -0.39 is 0 Å². The van der Waals surface area contributed by atoms with Gasteiger partial charge in [0.05, 0.1) is 0 Å². The quantitative estimate of drug-likeness (QED) is 0.773. The van der Waals surface area contributed by atoms with Crippen LogP contribution in [0.2, 0.25) is 0 Å². The zero-order valence-electron chi connectivity index (χ0n) is 9.40. The normalized spacial score (nSPS) is 32.2. The number of H-pyrrole nitrogens is 1. The molecule has 4 nitrogen and oxygen atoms in total. The molecule has 2 fully saturated rings. The van der Waals surface area contributed by atoms with Crippen LogP contribution >= 0.6 is 0 Å². The van der Waals surface area contributed by atoms with Crippen molar-refractivity contribution in [1.82, 2.24) is 9.55 Å². The van der Waals surface area contributed by atoms with Crippen LogP contribution in [0, 0.1) is 18.8 Å². The van der Waals surface area contributed by atoms with Gasteiger partial charge in [-0.1, -0.05) is 6.42 Å². The molecule has 1 aromatic heterocycles. The summed E-state index contributed by atoms with van der Waals surface area (Å²) >= 11 is 0. The van der Waals surface area contributed by atoms with Crippen molar-refractivity contribution in [2.45, 2.75) is 38.6 Å². The molecule has 3 unspecified atom stereocenters. The lowest BCUT2D eigenvalue weighted by molar-refractivity contribution is 0.313. The smallest absolute Gasteiger partial charge is 0.311 e. The van der Waals surface area contributed by atoms with Gasteiger partial charge in [0, 0.05) is 17.8 Å². The highest BCUT2D eigenvalue weighted by molar-refractivity contribution is 5.01. The number of nitrogens with one attached hydrogen (secondary N) is 1. The molecule has 1 aromatic rings. The molecule has 2 saturated carbocycles. The summed E-state index contributed by atoms with van der Waals surface area (Å²) in [6.45, 7) is 1.74. The molecule has 3 atom stereocenters. The molecule has 2 aliphatic rings. The van der Waals surface area contributed by atoms with Crippen molar-refractivity contribution in [3.8, 4) is 0 Å². The fraction of sp³-hybridized carbons (Fsp3) is 0.667. The highest BCUT2D eigenvalue weighted by Crippen LogP contribution is 2.49. The minimum absolute atomic E-state index is 0.140. The van der Waals surface area contributed by atoms with Crippen LogP contribution in [-0.2, 0) is 0 Å². The van der Waals surface area contributed by atoms with Gasteiger partial charge < -0.3 is 4.98 Å². The van der Waals surface area contributed by atoms with E-state index in [4.69, 9.17) is 0 Å². The molecule has 4 heteroatoms. The van der Waals surface area contributed by atoms with Gasteiger partial charge >= 0.3 is 5.69 Å². The van der Waals surface area contributed by atoms with Gasteiger partial charge in [-0.2, -0.15) is 0 Å². The monoisotopic (exact) mass is 220 g/mol. The second kappa shape index (κ2) is 3.34. The second-order valence-corrected chi connectivity index (χ2v) is 5.21. The first kappa shape index (κ1) is 9.87. The summed E-state index contributed by atoms with van der Waals surface area (Å²) in [5.41, 5.74) is 0.274. The van der Waals surface area contributed by atoms with Gasteiger partial charge in [0.2, 0.25) is 0 Å². The van der Waals surface area contributed by atoms with Crippen molar-refractivity contribution >= 4 is 0 Å². The van der Waals surface area contributed by atoms with E-state index in [0.717, 1.165) is 12.3 Å². The summed E-state index contributed by atoms with van der Waals surface area (Å²) in [5, 5.41) is 0. The highest BCUT2D eigenvalue weighted by atomic mass is 16.2. The summed E-state index contributed by atoms with van der Waals surface area (Å²) in [6.07, 6.45) is 4.66. The Bertz CT molecular complexity index is 497. The van der Waals surface area contributed by atoms with E-state index in [-0.39, 0.29) is 17.3 Å². The Morgan fingerprint density at radius 1 is 1.31 bits per heavy atom. The third kappa shape index (κ3) is 1.36. The number of aromatic nitrogens is 2. The van der Waals surface area contributed by atoms with Crippen LogP contribution in [0.25, 0.3) is 0 Å². The summed E-state index contributed by atoms with van der Waals surface area (Å²) in [4.78, 5) is 26.4. The molecule has 0 spiro atoms. The fourth-order valence-corrected chi connectivity index (χ4v) is 3.46. The lowest BCUT2D eigenvalue weighted by Crippen LogP contribution is -2.39. The lowest BCUT2D eigenvalue weighted by Gasteiger charge is -2.22. The van der Waals surface area contributed by atoms with E-state index in [9.17, 15) is 9.59 Å². The zero-order valence-corrected chi connectivity index (χ0v) is 9.40. The SMILES string of the molecule is Cc1cc(=O)n(C2CC3CCC2C3)c(=O)[nH]1. The van der Waals surface area contributed by atoms with Crippen LogP contribution in [0.5, 0.6) is 0 Å². The van der Waals surface area contributed by atoms with Gasteiger partial charge in [-0.3, -0.25) is 9.36 Å². The molecule has 0 radical (unpaired) electrons. The molecular formula is C12H16N2O2. The molecule has 86 valence electrons. The Labute approximate surface area is 93.3 Å². The van der Waals surface area contributed by atoms with Gasteiger partial charge in [-0.15, -0.1) is 0 Å². The maximum absolute atomic E-state index is 11.9. The van der Waals surface area contributed by atoms with Crippen molar-refractivity contribution in [3.05, 3.63) is 32.6 Å². The molecule has 0 aromatic carbocycles. The molecule has 0 aliphatic heterocycles. The van der Waals surface area contributed by atoms with Gasteiger partial charge in [-0.25, -0.2) is 4.79 Å². The van der Waals surface area contributed by atoms with Crippen molar-refractivity contribution in [2.75, 3.05) is 0 Å². The minimum atomic E-state index is -0.234. The van der Waals surface area contributed by atoms with Crippen molar-refractivity contribution < 1.29 is 0 Å². The first-order valence-electron chi connectivity index (χ1n) is 5.97. The van der Waals surface area contributed by atoms with Gasteiger partial charge in [0.15, 0.2) is 0 Å². The third-order valence-electron chi connectivity index (χ3n) is 4.13. The largest absolute Gasteiger partial charge is 0.328 e. The Morgan fingerprint density at radius 2 is 2.12 bits per heavy atom. The van der Waals surface area contributed by atoms with Crippen LogP contribution in [-0.4, -0.2) is 9.55 Å². The topological polar surface area (TPSA) is 54.9 Å². The average molecular weight is 220 g/mol. The molecule has 0 saturated heterocycles. The third-order valence-corrected chi connectivity index (χ3v) is 4.13. The zero-order chi connectivity index (χ0) is 11.3. The Kier molecular flexibility index (Phi) is 2.06. The maximum atomic E-state index is 11.9. The first-order chi connectivity index (χ1) is 7.65. The van der Waals surface area contributed by atoms with E-state index in [1.165, 1.54) is 29.9 Å². The Balaban J connectivity index is 2.08. The summed E-state index contributed by atoms with van der Waals surface area (Å²) in [7, 11) is 0. The van der Waals surface area contributed by atoms with E-state index in [1.54, 1.807) is 6.92 Å². The van der Waals surface area contributed by atoms with E-state index in [1.807, 2.05) is 0 Å². The lowest BCUT2D eigenvalue weighted by atomic mass is 9.95. The number of fused-ring (bicyclic) bond motifs is 2. The van der Waals surface area contributed by atoms with Crippen LogP contribution in [0.4, 0.5) is 0 Å². The number of hydrogen-bond donors (Lipinski definition) is 1. The van der Waals surface area contributed by atoms with E-state index >= 15 is 0 Å².